The number of hydrogen-bond donors (Lipinski definition) is 1. The van der Waals surface area contributed by atoms with Crippen molar-refractivity contribution in [2.45, 2.75) is 13.0 Å². The van der Waals surface area contributed by atoms with Gasteiger partial charge in [-0.05, 0) is 24.7 Å². The van der Waals surface area contributed by atoms with Gasteiger partial charge in [0.2, 0.25) is 5.91 Å². The van der Waals surface area contributed by atoms with Crippen molar-refractivity contribution >= 4 is 22.9 Å². The lowest BCUT2D eigenvalue weighted by molar-refractivity contribution is -0.115. The van der Waals surface area contributed by atoms with Crippen molar-refractivity contribution in [2.24, 2.45) is 0 Å². The van der Waals surface area contributed by atoms with Crippen LogP contribution in [0, 0.1) is 11.6 Å². The van der Waals surface area contributed by atoms with E-state index in [0.29, 0.717) is 5.69 Å². The van der Waals surface area contributed by atoms with Crippen LogP contribution in [0.4, 0.5) is 14.5 Å². The number of amides is 1. The third kappa shape index (κ3) is 5.72. The summed E-state index contributed by atoms with van der Waals surface area (Å²) in [6, 6.07) is 11.4. The van der Waals surface area contributed by atoms with Gasteiger partial charge in [-0.1, -0.05) is 24.3 Å². The van der Waals surface area contributed by atoms with E-state index in [1.54, 1.807) is 0 Å². The molecule has 0 spiro atoms. The third-order valence-corrected chi connectivity index (χ3v) is 6.24. The number of benzene rings is 2. The first-order valence-corrected chi connectivity index (χ1v) is 11.0. The smallest absolute Gasteiger partial charge is 0.230 e. The summed E-state index contributed by atoms with van der Waals surface area (Å²) in [6.45, 7) is 5.30. The van der Waals surface area contributed by atoms with Crippen LogP contribution in [0.25, 0.3) is 10.6 Å². The standard InChI is InChI=1S/C23H24F2N4OS/c1-28-8-10-29(11-9-28)14-16-2-4-17(5-3-16)23-26-19(15-31-23)13-22(30)27-21-7-6-18(24)12-20(21)25/h2-7,12,15H,8-11,13-14H2,1H3,(H,27,30). The molecular weight excluding hydrogens is 418 g/mol. The monoisotopic (exact) mass is 442 g/mol. The fourth-order valence-corrected chi connectivity index (χ4v) is 4.31. The molecule has 1 saturated heterocycles. The summed E-state index contributed by atoms with van der Waals surface area (Å²) in [4.78, 5) is 21.5. The van der Waals surface area contributed by atoms with Crippen molar-refractivity contribution in [3.8, 4) is 10.6 Å². The van der Waals surface area contributed by atoms with Gasteiger partial charge in [-0.15, -0.1) is 11.3 Å². The molecule has 3 aromatic rings. The predicted molar refractivity (Wildman–Crippen MR) is 119 cm³/mol. The average Bonchev–Trinajstić information content (AvgIpc) is 3.21. The first kappa shape index (κ1) is 21.5. The molecule has 1 aliphatic rings. The topological polar surface area (TPSA) is 48.5 Å². The van der Waals surface area contributed by atoms with Crippen LogP contribution in [0.2, 0.25) is 0 Å². The first-order chi connectivity index (χ1) is 15.0. The van der Waals surface area contributed by atoms with Gasteiger partial charge in [0, 0.05) is 49.7 Å². The Morgan fingerprint density at radius 1 is 1.10 bits per heavy atom. The summed E-state index contributed by atoms with van der Waals surface area (Å²) in [5.74, 6) is -1.89. The first-order valence-electron chi connectivity index (χ1n) is 10.2. The van der Waals surface area contributed by atoms with Crippen LogP contribution in [0.3, 0.4) is 0 Å². The van der Waals surface area contributed by atoms with E-state index in [2.05, 4.69) is 51.4 Å². The average molecular weight is 443 g/mol. The number of nitrogens with one attached hydrogen (secondary N) is 1. The van der Waals surface area contributed by atoms with Crippen LogP contribution in [0.5, 0.6) is 0 Å². The molecule has 2 heterocycles. The molecule has 0 saturated carbocycles. The molecule has 1 aromatic heterocycles. The zero-order valence-corrected chi connectivity index (χ0v) is 18.1. The fraction of sp³-hybridized carbons (Fsp3) is 0.304. The number of anilines is 1. The maximum absolute atomic E-state index is 13.7. The van der Waals surface area contributed by atoms with E-state index in [0.717, 1.165) is 55.4 Å². The van der Waals surface area contributed by atoms with Crippen LogP contribution in [0.1, 0.15) is 11.3 Å². The summed E-state index contributed by atoms with van der Waals surface area (Å²) in [5.41, 5.74) is 2.84. The Balaban J connectivity index is 1.34. The highest BCUT2D eigenvalue weighted by atomic mass is 32.1. The highest BCUT2D eigenvalue weighted by Gasteiger charge is 2.15. The normalized spacial score (nSPS) is 15.2. The lowest BCUT2D eigenvalue weighted by atomic mass is 10.1. The number of thiazole rings is 1. The number of piperazine rings is 1. The molecule has 2 aromatic carbocycles. The molecule has 1 fully saturated rings. The van der Waals surface area contributed by atoms with Gasteiger partial charge in [0.15, 0.2) is 0 Å². The van der Waals surface area contributed by atoms with Crippen molar-refractivity contribution < 1.29 is 13.6 Å². The number of rotatable bonds is 6. The maximum Gasteiger partial charge on any atom is 0.230 e. The van der Waals surface area contributed by atoms with Crippen molar-refractivity contribution in [3.63, 3.8) is 0 Å². The molecular formula is C23H24F2N4OS. The lowest BCUT2D eigenvalue weighted by Crippen LogP contribution is -2.43. The largest absolute Gasteiger partial charge is 0.323 e. The molecule has 1 amide bonds. The molecule has 1 N–H and O–H groups in total. The molecule has 5 nitrogen and oxygen atoms in total. The Hall–Kier alpha value is -2.68. The Labute approximate surface area is 184 Å². The van der Waals surface area contributed by atoms with Gasteiger partial charge in [-0.2, -0.15) is 0 Å². The summed E-state index contributed by atoms with van der Waals surface area (Å²) in [6.07, 6.45) is 0.0226. The van der Waals surface area contributed by atoms with Gasteiger partial charge >= 0.3 is 0 Å². The molecule has 0 radical (unpaired) electrons. The summed E-state index contributed by atoms with van der Waals surface area (Å²) in [7, 11) is 2.15. The summed E-state index contributed by atoms with van der Waals surface area (Å²) >= 11 is 1.47. The van der Waals surface area contributed by atoms with E-state index in [9.17, 15) is 13.6 Å². The Morgan fingerprint density at radius 2 is 1.84 bits per heavy atom. The van der Waals surface area contributed by atoms with Crippen LogP contribution < -0.4 is 5.32 Å². The van der Waals surface area contributed by atoms with E-state index in [1.807, 2.05) is 5.38 Å². The molecule has 0 atom stereocenters. The predicted octanol–water partition coefficient (Wildman–Crippen LogP) is 4.02. The second-order valence-electron chi connectivity index (χ2n) is 7.77. The summed E-state index contributed by atoms with van der Waals surface area (Å²) in [5, 5.41) is 5.12. The van der Waals surface area contributed by atoms with E-state index in [1.165, 1.54) is 23.0 Å². The zero-order chi connectivity index (χ0) is 21.8. The van der Waals surface area contributed by atoms with Crippen LogP contribution in [0.15, 0.2) is 47.8 Å². The van der Waals surface area contributed by atoms with Crippen LogP contribution >= 0.6 is 11.3 Å². The van der Waals surface area contributed by atoms with Crippen molar-refractivity contribution in [1.82, 2.24) is 14.8 Å². The minimum atomic E-state index is -0.802. The number of nitrogens with zero attached hydrogens (tertiary/aromatic N) is 3. The molecule has 1 aliphatic heterocycles. The zero-order valence-electron chi connectivity index (χ0n) is 17.3. The minimum Gasteiger partial charge on any atom is -0.323 e. The quantitative estimate of drug-likeness (QED) is 0.627. The van der Waals surface area contributed by atoms with Crippen molar-refractivity contribution in [2.75, 3.05) is 38.5 Å². The van der Waals surface area contributed by atoms with Gasteiger partial charge < -0.3 is 10.2 Å². The van der Waals surface area contributed by atoms with Crippen LogP contribution in [-0.4, -0.2) is 53.9 Å². The number of halogens is 2. The SMILES string of the molecule is CN1CCN(Cc2ccc(-c3nc(CC(=O)Nc4ccc(F)cc4F)cs3)cc2)CC1. The highest BCUT2D eigenvalue weighted by Crippen LogP contribution is 2.25. The maximum atomic E-state index is 13.7. The second-order valence-corrected chi connectivity index (χ2v) is 8.63. The number of carbonyl (C=O) groups is 1. The van der Waals surface area contributed by atoms with E-state index >= 15 is 0 Å². The van der Waals surface area contributed by atoms with Gasteiger partial charge in [0.25, 0.3) is 0 Å². The molecule has 0 aliphatic carbocycles. The molecule has 0 bridgehead atoms. The third-order valence-electron chi connectivity index (χ3n) is 5.30. The molecule has 4 rings (SSSR count). The van der Waals surface area contributed by atoms with Crippen molar-refractivity contribution in [3.05, 3.63) is 70.7 Å². The Bertz CT molecular complexity index is 1050. The molecule has 162 valence electrons. The molecule has 8 heteroatoms. The highest BCUT2D eigenvalue weighted by molar-refractivity contribution is 7.13. The van der Waals surface area contributed by atoms with Gasteiger partial charge in [-0.25, -0.2) is 13.8 Å². The van der Waals surface area contributed by atoms with Gasteiger partial charge in [-0.3, -0.25) is 9.69 Å². The second kappa shape index (κ2) is 9.64. The molecule has 31 heavy (non-hydrogen) atoms. The van der Waals surface area contributed by atoms with Gasteiger partial charge in [0.05, 0.1) is 17.8 Å². The number of carbonyl (C=O) groups excluding carboxylic acids is 1. The van der Waals surface area contributed by atoms with E-state index in [-0.39, 0.29) is 12.1 Å². The number of aromatic nitrogens is 1. The fourth-order valence-electron chi connectivity index (χ4n) is 3.49. The van der Waals surface area contributed by atoms with Crippen LogP contribution in [-0.2, 0) is 17.8 Å². The van der Waals surface area contributed by atoms with E-state index < -0.39 is 17.5 Å². The number of likely N-dealkylation sites (N-methyl/N-ethyl adjacent to an activating group) is 1. The van der Waals surface area contributed by atoms with E-state index in [4.69, 9.17) is 0 Å². The van der Waals surface area contributed by atoms with Gasteiger partial charge in [0.1, 0.15) is 16.6 Å². The Morgan fingerprint density at radius 3 is 2.55 bits per heavy atom. The molecule has 0 unspecified atom stereocenters. The number of hydrogen-bond acceptors (Lipinski definition) is 5. The van der Waals surface area contributed by atoms with Crippen molar-refractivity contribution in [1.29, 1.82) is 0 Å². The Kier molecular flexibility index (Phi) is 6.70. The minimum absolute atomic E-state index is 0.0226. The lowest BCUT2D eigenvalue weighted by Gasteiger charge is -2.32. The summed E-state index contributed by atoms with van der Waals surface area (Å²) < 4.78 is 26.7.